The van der Waals surface area contributed by atoms with Gasteiger partial charge in [-0.2, -0.15) is 0 Å². The zero-order valence-electron chi connectivity index (χ0n) is 37.3. The molecule has 0 heterocycles. The lowest BCUT2D eigenvalue weighted by molar-refractivity contribution is 0.793. The molecule has 0 saturated carbocycles. The van der Waals surface area contributed by atoms with Gasteiger partial charge in [-0.1, -0.05) is 224 Å². The van der Waals surface area contributed by atoms with E-state index in [9.17, 15) is 0 Å². The van der Waals surface area contributed by atoms with Gasteiger partial charge in [0.25, 0.3) is 0 Å². The molecule has 0 aromatic heterocycles. The van der Waals surface area contributed by atoms with Crippen LogP contribution in [0.2, 0.25) is 0 Å². The van der Waals surface area contributed by atoms with Crippen molar-refractivity contribution in [3.05, 3.63) is 283 Å². The van der Waals surface area contributed by atoms with Crippen LogP contribution in [-0.4, -0.2) is 0 Å². The standard InChI is InChI=1S/C67H43N/c1-2-19-46(20-3-1)66-51-23-7-4-18-44(51)36-40-59(66)58-29-13-17-33-65(58)68(48-37-34-45(35-38-48)60-42-47-21-5-6-22-50(47)52-24-8-9-25-53(52)60)49-39-41-57-56-28-12-16-32-63(56)67(64(57)43-49)61-30-14-10-26-54(61)55-27-11-15-31-62(55)67/h1-43H. The van der Waals surface area contributed by atoms with Crippen LogP contribution in [0.4, 0.5) is 17.1 Å². The van der Waals surface area contributed by atoms with Crippen LogP contribution in [-0.2, 0) is 5.41 Å². The molecule has 0 unspecified atom stereocenters. The van der Waals surface area contributed by atoms with Crippen molar-refractivity contribution in [3.63, 3.8) is 0 Å². The van der Waals surface area contributed by atoms with Crippen LogP contribution < -0.4 is 4.90 Å². The van der Waals surface area contributed by atoms with E-state index < -0.39 is 5.41 Å². The maximum absolute atomic E-state index is 2.51. The summed E-state index contributed by atoms with van der Waals surface area (Å²) in [6.07, 6.45) is 0. The molecule has 0 saturated heterocycles. The van der Waals surface area contributed by atoms with Gasteiger partial charge in [0.1, 0.15) is 0 Å². The average Bonchev–Trinajstić information content (AvgIpc) is 3.88. The maximum atomic E-state index is 2.51. The van der Waals surface area contributed by atoms with Gasteiger partial charge in [-0.3, -0.25) is 0 Å². The number of benzene rings is 12. The molecule has 0 fully saturated rings. The first kappa shape index (κ1) is 38.5. The Morgan fingerprint density at radius 1 is 0.250 bits per heavy atom. The average molecular weight is 862 g/mol. The van der Waals surface area contributed by atoms with Crippen molar-refractivity contribution < 1.29 is 0 Å². The number of rotatable bonds is 6. The van der Waals surface area contributed by atoms with Crippen LogP contribution in [0.15, 0.2) is 261 Å². The number of para-hydroxylation sites is 1. The SMILES string of the molecule is c1ccc(-c2c(-c3ccccc3N(c3ccc(-c4cc5ccccc5c5ccccc45)cc3)c3ccc4c(c3)C3(c5ccccc5-c5ccccc53)c3ccccc3-4)ccc3ccccc23)cc1. The molecule has 2 aliphatic rings. The van der Waals surface area contributed by atoms with Crippen molar-refractivity contribution in [2.45, 2.75) is 5.41 Å². The molecule has 1 spiro atoms. The normalized spacial score (nSPS) is 12.8. The van der Waals surface area contributed by atoms with Crippen molar-refractivity contribution in [2.24, 2.45) is 0 Å². The minimum atomic E-state index is -0.472. The highest BCUT2D eigenvalue weighted by atomic mass is 15.1. The predicted octanol–water partition coefficient (Wildman–Crippen LogP) is 18.0. The summed E-state index contributed by atoms with van der Waals surface area (Å²) in [5.41, 5.74) is 20.6. The summed E-state index contributed by atoms with van der Waals surface area (Å²) in [4.78, 5) is 2.51. The van der Waals surface area contributed by atoms with Gasteiger partial charge < -0.3 is 4.90 Å². The topological polar surface area (TPSA) is 3.24 Å². The largest absolute Gasteiger partial charge is 0.310 e. The van der Waals surface area contributed by atoms with Gasteiger partial charge in [0.05, 0.1) is 11.1 Å². The van der Waals surface area contributed by atoms with E-state index in [0.717, 1.165) is 22.6 Å². The Kier molecular flexibility index (Phi) is 8.57. The molecule has 14 rings (SSSR count). The van der Waals surface area contributed by atoms with Crippen molar-refractivity contribution in [1.82, 2.24) is 0 Å². The molecule has 0 N–H and O–H groups in total. The second-order valence-corrected chi connectivity index (χ2v) is 18.3. The molecule has 0 bridgehead atoms. The van der Waals surface area contributed by atoms with E-state index in [4.69, 9.17) is 0 Å². The first-order valence-corrected chi connectivity index (χ1v) is 23.7. The van der Waals surface area contributed by atoms with E-state index in [2.05, 4.69) is 266 Å². The summed E-state index contributed by atoms with van der Waals surface area (Å²) in [5, 5.41) is 7.51. The highest BCUT2D eigenvalue weighted by molar-refractivity contribution is 6.14. The third-order valence-corrected chi connectivity index (χ3v) is 14.9. The smallest absolute Gasteiger partial charge is 0.0726 e. The first-order valence-electron chi connectivity index (χ1n) is 23.7. The van der Waals surface area contributed by atoms with Crippen LogP contribution in [0.3, 0.4) is 0 Å². The van der Waals surface area contributed by atoms with E-state index in [1.807, 2.05) is 0 Å². The van der Waals surface area contributed by atoms with Crippen LogP contribution in [0, 0.1) is 0 Å². The van der Waals surface area contributed by atoms with Gasteiger partial charge in [-0.05, 0) is 141 Å². The molecular formula is C67H43N. The van der Waals surface area contributed by atoms with Crippen molar-refractivity contribution in [2.75, 3.05) is 4.90 Å². The highest BCUT2D eigenvalue weighted by Gasteiger charge is 2.51. The van der Waals surface area contributed by atoms with Gasteiger partial charge in [-0.15, -0.1) is 0 Å². The molecular weight excluding hydrogens is 819 g/mol. The first-order chi connectivity index (χ1) is 33.8. The number of hydrogen-bond donors (Lipinski definition) is 0. The molecule has 12 aromatic rings. The van der Waals surface area contributed by atoms with Gasteiger partial charge in [0, 0.05) is 16.9 Å². The summed E-state index contributed by atoms with van der Waals surface area (Å²) < 4.78 is 0. The van der Waals surface area contributed by atoms with E-state index >= 15 is 0 Å². The van der Waals surface area contributed by atoms with Crippen LogP contribution in [0.1, 0.15) is 22.3 Å². The minimum absolute atomic E-state index is 0.472. The zero-order valence-corrected chi connectivity index (χ0v) is 37.3. The van der Waals surface area contributed by atoms with Crippen LogP contribution in [0.25, 0.3) is 88.0 Å². The van der Waals surface area contributed by atoms with E-state index in [1.165, 1.54) is 105 Å². The summed E-state index contributed by atoms with van der Waals surface area (Å²) >= 11 is 0. The molecule has 0 radical (unpaired) electrons. The summed E-state index contributed by atoms with van der Waals surface area (Å²) in [6, 6.07) is 97.0. The third kappa shape index (κ3) is 5.57. The van der Waals surface area contributed by atoms with E-state index in [-0.39, 0.29) is 0 Å². The molecule has 12 aromatic carbocycles. The van der Waals surface area contributed by atoms with Gasteiger partial charge in [0.2, 0.25) is 0 Å². The van der Waals surface area contributed by atoms with Gasteiger partial charge in [0.15, 0.2) is 0 Å². The predicted molar refractivity (Wildman–Crippen MR) is 286 cm³/mol. The second kappa shape index (κ2) is 15.1. The third-order valence-electron chi connectivity index (χ3n) is 14.9. The number of anilines is 3. The number of fused-ring (bicyclic) bond motifs is 14. The summed E-state index contributed by atoms with van der Waals surface area (Å²) in [5.74, 6) is 0. The van der Waals surface area contributed by atoms with Crippen LogP contribution >= 0.6 is 0 Å². The van der Waals surface area contributed by atoms with E-state index in [1.54, 1.807) is 0 Å². The summed E-state index contributed by atoms with van der Waals surface area (Å²) in [7, 11) is 0. The Morgan fingerprint density at radius 2 is 0.750 bits per heavy atom. The maximum Gasteiger partial charge on any atom is 0.0726 e. The Hall–Kier alpha value is -8.78. The molecule has 1 heteroatoms. The molecule has 1 nitrogen and oxygen atoms in total. The fraction of sp³-hybridized carbons (Fsp3) is 0.0149. The minimum Gasteiger partial charge on any atom is -0.310 e. The van der Waals surface area contributed by atoms with Gasteiger partial charge in [-0.25, -0.2) is 0 Å². The molecule has 0 amide bonds. The van der Waals surface area contributed by atoms with Gasteiger partial charge >= 0.3 is 0 Å². The highest BCUT2D eigenvalue weighted by Crippen LogP contribution is 2.63. The monoisotopic (exact) mass is 861 g/mol. The van der Waals surface area contributed by atoms with Crippen molar-refractivity contribution in [3.8, 4) is 55.6 Å². The molecule has 316 valence electrons. The Morgan fingerprint density at radius 3 is 1.44 bits per heavy atom. The molecule has 0 aliphatic heterocycles. The molecule has 68 heavy (non-hydrogen) atoms. The Bertz CT molecular complexity index is 3910. The quantitative estimate of drug-likeness (QED) is 0.151. The number of hydrogen-bond acceptors (Lipinski definition) is 1. The van der Waals surface area contributed by atoms with Crippen molar-refractivity contribution >= 4 is 49.4 Å². The fourth-order valence-electron chi connectivity index (χ4n) is 12.0. The fourth-order valence-corrected chi connectivity index (χ4v) is 12.0. The Labute approximate surface area is 396 Å². The van der Waals surface area contributed by atoms with E-state index in [0.29, 0.717) is 0 Å². The summed E-state index contributed by atoms with van der Waals surface area (Å²) in [6.45, 7) is 0. The zero-order chi connectivity index (χ0) is 44.8. The lowest BCUT2D eigenvalue weighted by Gasteiger charge is -2.33. The van der Waals surface area contributed by atoms with Crippen LogP contribution in [0.5, 0.6) is 0 Å². The molecule has 2 aliphatic carbocycles. The van der Waals surface area contributed by atoms with Crippen molar-refractivity contribution in [1.29, 1.82) is 0 Å². The Balaban J connectivity index is 1.02. The second-order valence-electron chi connectivity index (χ2n) is 18.3. The lowest BCUT2D eigenvalue weighted by atomic mass is 9.70. The number of nitrogens with zero attached hydrogens (tertiary/aromatic N) is 1. The molecule has 0 atom stereocenters. The lowest BCUT2D eigenvalue weighted by Crippen LogP contribution is -2.26.